The molecule has 0 saturated carbocycles. The SMILES string of the molecule is Cc1ccc(N=C2S[C@H](CC(=O)Nc3ccc4ccccc4c3)C(=O)N2Cc2ccc3c(c2)OCO3)c(C)c1. The second-order valence-electron chi connectivity index (χ2n) is 9.72. The van der Waals surface area contributed by atoms with Gasteiger partial charge in [0, 0.05) is 12.1 Å². The van der Waals surface area contributed by atoms with E-state index in [4.69, 9.17) is 14.5 Å². The van der Waals surface area contributed by atoms with Crippen LogP contribution in [-0.4, -0.2) is 33.9 Å². The van der Waals surface area contributed by atoms with E-state index in [-0.39, 0.29) is 25.0 Å². The van der Waals surface area contributed by atoms with Crippen molar-refractivity contribution in [3.8, 4) is 11.5 Å². The molecule has 2 heterocycles. The molecule has 8 heteroatoms. The smallest absolute Gasteiger partial charge is 0.242 e. The molecule has 2 amide bonds. The van der Waals surface area contributed by atoms with Crippen molar-refractivity contribution in [2.45, 2.75) is 32.1 Å². The van der Waals surface area contributed by atoms with Gasteiger partial charge < -0.3 is 14.8 Å². The van der Waals surface area contributed by atoms with E-state index in [0.717, 1.165) is 33.2 Å². The molecule has 39 heavy (non-hydrogen) atoms. The minimum atomic E-state index is -0.580. The molecule has 0 unspecified atom stereocenters. The first-order valence-electron chi connectivity index (χ1n) is 12.7. The van der Waals surface area contributed by atoms with Gasteiger partial charge >= 0.3 is 0 Å². The number of benzene rings is 4. The maximum atomic E-state index is 13.6. The first kappa shape index (κ1) is 25.0. The number of carbonyl (C=O) groups excluding carboxylic acids is 2. The van der Waals surface area contributed by atoms with Crippen LogP contribution in [0.2, 0.25) is 0 Å². The van der Waals surface area contributed by atoms with Crippen molar-refractivity contribution in [2.75, 3.05) is 12.1 Å². The fraction of sp³-hybridized carbons (Fsp3) is 0.194. The lowest BCUT2D eigenvalue weighted by Crippen LogP contribution is -2.33. The summed E-state index contributed by atoms with van der Waals surface area (Å²) in [5, 5.41) is 5.10. The molecular weight excluding hydrogens is 510 g/mol. The van der Waals surface area contributed by atoms with Gasteiger partial charge in [-0.25, -0.2) is 4.99 Å². The van der Waals surface area contributed by atoms with E-state index >= 15 is 0 Å². The van der Waals surface area contributed by atoms with E-state index in [2.05, 4.69) is 11.4 Å². The second-order valence-corrected chi connectivity index (χ2v) is 10.9. The molecule has 1 saturated heterocycles. The van der Waals surface area contributed by atoms with Gasteiger partial charge in [0.15, 0.2) is 16.7 Å². The number of hydrogen-bond donors (Lipinski definition) is 1. The highest BCUT2D eigenvalue weighted by Gasteiger charge is 2.39. The van der Waals surface area contributed by atoms with Crippen LogP contribution in [0.15, 0.2) is 83.9 Å². The van der Waals surface area contributed by atoms with Gasteiger partial charge in [-0.3, -0.25) is 14.5 Å². The summed E-state index contributed by atoms with van der Waals surface area (Å²) >= 11 is 1.33. The summed E-state index contributed by atoms with van der Waals surface area (Å²) < 4.78 is 10.9. The molecule has 0 bridgehead atoms. The lowest BCUT2D eigenvalue weighted by Gasteiger charge is -2.17. The zero-order valence-corrected chi connectivity index (χ0v) is 22.5. The zero-order valence-electron chi connectivity index (χ0n) is 21.6. The second kappa shape index (κ2) is 10.5. The van der Waals surface area contributed by atoms with Crippen LogP contribution in [0.4, 0.5) is 11.4 Å². The highest BCUT2D eigenvalue weighted by atomic mass is 32.2. The van der Waals surface area contributed by atoms with Gasteiger partial charge in [-0.05, 0) is 66.1 Å². The Morgan fingerprint density at radius 1 is 0.974 bits per heavy atom. The Morgan fingerprint density at radius 2 is 1.79 bits per heavy atom. The number of ether oxygens (including phenoxy) is 2. The van der Waals surface area contributed by atoms with Crippen LogP contribution in [0.5, 0.6) is 11.5 Å². The van der Waals surface area contributed by atoms with E-state index in [1.165, 1.54) is 11.8 Å². The average Bonchev–Trinajstić information content (AvgIpc) is 3.50. The summed E-state index contributed by atoms with van der Waals surface area (Å²) in [4.78, 5) is 33.2. The number of amides is 2. The molecule has 0 aliphatic carbocycles. The number of rotatable bonds is 6. The van der Waals surface area contributed by atoms with Crippen LogP contribution >= 0.6 is 11.8 Å². The van der Waals surface area contributed by atoms with Gasteiger partial charge in [0.2, 0.25) is 18.6 Å². The van der Waals surface area contributed by atoms with E-state index in [1.54, 1.807) is 4.90 Å². The standard InChI is InChI=1S/C31H27N3O4S/c1-19-7-11-25(20(2)13-19)33-31-34(17-21-8-12-26-27(14-21)38-18-37-26)30(36)28(39-31)16-29(35)32-24-10-9-22-5-3-4-6-23(22)15-24/h3-15,28H,16-18H2,1-2H3,(H,32,35)/t28-/m1/s1. The van der Waals surface area contributed by atoms with Crippen LogP contribution < -0.4 is 14.8 Å². The highest BCUT2D eigenvalue weighted by Crippen LogP contribution is 2.36. The molecule has 196 valence electrons. The number of carbonyl (C=O) groups is 2. The van der Waals surface area contributed by atoms with Crippen molar-refractivity contribution in [1.82, 2.24) is 4.90 Å². The molecule has 7 nitrogen and oxygen atoms in total. The minimum Gasteiger partial charge on any atom is -0.454 e. The number of fused-ring (bicyclic) bond motifs is 2. The number of aryl methyl sites for hydroxylation is 2. The summed E-state index contributed by atoms with van der Waals surface area (Å²) in [5.41, 5.74) is 4.56. The van der Waals surface area contributed by atoms with Crippen molar-refractivity contribution < 1.29 is 19.1 Å². The molecule has 4 aromatic rings. The van der Waals surface area contributed by atoms with Gasteiger partial charge in [0.05, 0.1) is 12.2 Å². The molecular formula is C31H27N3O4S. The molecule has 1 atom stereocenters. The average molecular weight is 538 g/mol. The topological polar surface area (TPSA) is 80.2 Å². The molecule has 0 aromatic heterocycles. The maximum absolute atomic E-state index is 13.6. The Morgan fingerprint density at radius 3 is 2.64 bits per heavy atom. The van der Waals surface area contributed by atoms with Crippen LogP contribution in [0, 0.1) is 13.8 Å². The number of aliphatic imine (C=N–C) groups is 1. The van der Waals surface area contributed by atoms with Gasteiger partial charge in [0.1, 0.15) is 5.25 Å². The van der Waals surface area contributed by atoms with Gasteiger partial charge in [-0.1, -0.05) is 65.9 Å². The fourth-order valence-corrected chi connectivity index (χ4v) is 5.92. The minimum absolute atomic E-state index is 0.0415. The van der Waals surface area contributed by atoms with E-state index in [9.17, 15) is 9.59 Å². The maximum Gasteiger partial charge on any atom is 0.242 e. The number of anilines is 1. The third-order valence-electron chi connectivity index (χ3n) is 6.77. The predicted octanol–water partition coefficient (Wildman–Crippen LogP) is 6.35. The van der Waals surface area contributed by atoms with Crippen LogP contribution in [-0.2, 0) is 16.1 Å². The van der Waals surface area contributed by atoms with Crippen molar-refractivity contribution in [1.29, 1.82) is 0 Å². The molecule has 0 radical (unpaired) electrons. The third kappa shape index (κ3) is 5.33. The van der Waals surface area contributed by atoms with E-state index in [0.29, 0.717) is 28.9 Å². The first-order chi connectivity index (χ1) is 18.9. The molecule has 0 spiro atoms. The Kier molecular flexibility index (Phi) is 6.70. The van der Waals surface area contributed by atoms with Crippen LogP contribution in [0.25, 0.3) is 10.8 Å². The third-order valence-corrected chi connectivity index (χ3v) is 7.95. The normalized spacial score (nSPS) is 17.3. The van der Waals surface area contributed by atoms with Crippen molar-refractivity contribution >= 4 is 50.9 Å². The molecule has 1 N–H and O–H groups in total. The van der Waals surface area contributed by atoms with Crippen LogP contribution in [0.1, 0.15) is 23.1 Å². The molecule has 1 fully saturated rings. The predicted molar refractivity (Wildman–Crippen MR) is 155 cm³/mol. The zero-order chi connectivity index (χ0) is 26.9. The fourth-order valence-electron chi connectivity index (χ4n) is 4.77. The van der Waals surface area contributed by atoms with E-state index < -0.39 is 5.25 Å². The quantitative estimate of drug-likeness (QED) is 0.310. The molecule has 6 rings (SSSR count). The number of nitrogens with zero attached hydrogens (tertiary/aromatic N) is 2. The Labute approximate surface area is 230 Å². The van der Waals surface area contributed by atoms with Crippen molar-refractivity contribution in [3.63, 3.8) is 0 Å². The van der Waals surface area contributed by atoms with E-state index in [1.807, 2.05) is 86.6 Å². The Balaban J connectivity index is 1.24. The molecule has 2 aliphatic rings. The van der Waals surface area contributed by atoms with Crippen LogP contribution in [0.3, 0.4) is 0 Å². The summed E-state index contributed by atoms with van der Waals surface area (Å²) in [6, 6.07) is 25.5. The molecule has 2 aliphatic heterocycles. The number of amidine groups is 1. The Bertz CT molecular complexity index is 1630. The summed E-state index contributed by atoms with van der Waals surface area (Å²) in [7, 11) is 0. The first-order valence-corrected chi connectivity index (χ1v) is 13.6. The van der Waals surface area contributed by atoms with Crippen molar-refractivity contribution in [2.24, 2.45) is 4.99 Å². The summed E-state index contributed by atoms with van der Waals surface area (Å²) in [5.74, 6) is 0.987. The summed E-state index contributed by atoms with van der Waals surface area (Å²) in [6.45, 7) is 4.54. The number of thioether (sulfide) groups is 1. The lowest BCUT2D eigenvalue weighted by molar-refractivity contribution is -0.128. The highest BCUT2D eigenvalue weighted by molar-refractivity contribution is 8.15. The van der Waals surface area contributed by atoms with Gasteiger partial charge in [0.25, 0.3) is 0 Å². The van der Waals surface area contributed by atoms with Gasteiger partial charge in [-0.2, -0.15) is 0 Å². The monoisotopic (exact) mass is 537 g/mol. The number of hydrogen-bond acceptors (Lipinski definition) is 6. The van der Waals surface area contributed by atoms with Gasteiger partial charge in [-0.15, -0.1) is 0 Å². The summed E-state index contributed by atoms with van der Waals surface area (Å²) in [6.07, 6.45) is 0.0415. The number of nitrogens with one attached hydrogen (secondary N) is 1. The molecule has 4 aromatic carbocycles. The Hall–Kier alpha value is -4.30. The van der Waals surface area contributed by atoms with Crippen molar-refractivity contribution in [3.05, 3.63) is 95.6 Å². The largest absolute Gasteiger partial charge is 0.454 e. The lowest BCUT2D eigenvalue weighted by atomic mass is 10.1.